The lowest BCUT2D eigenvalue weighted by Crippen LogP contribution is -2.51. The zero-order chi connectivity index (χ0) is 32.6. The van der Waals surface area contributed by atoms with E-state index in [9.17, 15) is 20.1 Å². The minimum atomic E-state index is -0.926. The number of cyclic esters (lactones) is 1. The highest BCUT2D eigenvalue weighted by molar-refractivity contribution is 5.87. The van der Waals surface area contributed by atoms with Crippen LogP contribution in [0.1, 0.15) is 75.2 Å². The average molecular weight is 607 g/mol. The summed E-state index contributed by atoms with van der Waals surface area (Å²) in [7, 11) is 2.95. The van der Waals surface area contributed by atoms with Crippen LogP contribution in [0.25, 0.3) is 0 Å². The van der Waals surface area contributed by atoms with Crippen molar-refractivity contribution in [3.8, 4) is 0 Å². The van der Waals surface area contributed by atoms with Gasteiger partial charge in [-0.15, -0.1) is 0 Å². The van der Waals surface area contributed by atoms with Crippen LogP contribution in [0, 0.1) is 35.5 Å². The molecule has 43 heavy (non-hydrogen) atoms. The Balaban J connectivity index is 2.47. The summed E-state index contributed by atoms with van der Waals surface area (Å²) in [5, 5.41) is 33.4. The molecule has 1 saturated heterocycles. The Morgan fingerprint density at radius 2 is 1.65 bits per heavy atom. The summed E-state index contributed by atoms with van der Waals surface area (Å²) in [6.07, 6.45) is 6.31. The molecule has 8 nitrogen and oxygen atoms in total. The normalized spacial score (nSPS) is 40.1. The second-order valence-corrected chi connectivity index (χ2v) is 13.4. The van der Waals surface area contributed by atoms with Gasteiger partial charge in [0, 0.05) is 37.2 Å². The lowest BCUT2D eigenvalue weighted by Gasteiger charge is -2.44. The number of carbonyl (C=O) groups excluding carboxylic acids is 1. The zero-order valence-electron chi connectivity index (χ0n) is 28.2. The largest absolute Gasteiger partial charge is 0.490 e. The van der Waals surface area contributed by atoms with Crippen molar-refractivity contribution in [1.82, 2.24) is 0 Å². The standard InChI is InChI=1S/C35H58O8/c1-19(2)33-24(7)27(36)18-29(42-33)25(8)32(38)26(9)34-28(40-10)14-12-13-20(3)15-22(5)31(37)23(6)16-21(4)17-30(41-11)35(39)43-34/h12-14,16-17,19,22-29,31-34,36-38H,15,18H2,1-11H3/b14-12+,20-13+,21-16+,30-17-/t22-,23+,24-,25+,26-,27+,28-,29-,31-,32-,33+,34+/m0/s1. The molecule has 0 spiro atoms. The number of allylic oxidation sites excluding steroid dienone is 5. The van der Waals surface area contributed by atoms with Gasteiger partial charge in [0.05, 0.1) is 37.6 Å². The van der Waals surface area contributed by atoms with Gasteiger partial charge >= 0.3 is 5.97 Å². The van der Waals surface area contributed by atoms with Crippen molar-refractivity contribution >= 4 is 5.97 Å². The first-order valence-corrected chi connectivity index (χ1v) is 15.8. The smallest absolute Gasteiger partial charge is 0.373 e. The number of aliphatic hydroxyl groups excluding tert-OH is 3. The van der Waals surface area contributed by atoms with Crippen molar-refractivity contribution in [2.45, 2.75) is 118 Å². The van der Waals surface area contributed by atoms with E-state index in [4.69, 9.17) is 18.9 Å². The molecule has 2 heterocycles. The summed E-state index contributed by atoms with van der Waals surface area (Å²) in [5.74, 6) is -1.48. The van der Waals surface area contributed by atoms with Gasteiger partial charge < -0.3 is 34.3 Å². The summed E-state index contributed by atoms with van der Waals surface area (Å²) in [6.45, 7) is 17.8. The maximum atomic E-state index is 13.5. The van der Waals surface area contributed by atoms with E-state index in [-0.39, 0.29) is 47.6 Å². The molecule has 0 bridgehead atoms. The third-order valence-electron chi connectivity index (χ3n) is 9.36. The van der Waals surface area contributed by atoms with Crippen molar-refractivity contribution in [2.24, 2.45) is 35.5 Å². The number of rotatable bonds is 7. The van der Waals surface area contributed by atoms with Gasteiger partial charge in [0.25, 0.3) is 0 Å². The summed E-state index contributed by atoms with van der Waals surface area (Å²) in [6, 6.07) is 0. The quantitative estimate of drug-likeness (QED) is 0.332. The Labute approximate surface area is 259 Å². The maximum absolute atomic E-state index is 13.5. The van der Waals surface area contributed by atoms with Crippen molar-refractivity contribution < 1.29 is 39.1 Å². The fraction of sp³-hybridized carbons (Fsp3) is 0.743. The lowest BCUT2D eigenvalue weighted by atomic mass is 9.78. The van der Waals surface area contributed by atoms with Crippen LogP contribution in [0.15, 0.2) is 47.3 Å². The molecule has 12 atom stereocenters. The molecule has 0 amide bonds. The van der Waals surface area contributed by atoms with Crippen LogP contribution in [0.3, 0.4) is 0 Å². The van der Waals surface area contributed by atoms with Crippen molar-refractivity contribution in [3.63, 3.8) is 0 Å². The molecule has 2 rings (SSSR count). The number of aliphatic hydroxyl groups is 3. The first-order valence-electron chi connectivity index (χ1n) is 15.8. The van der Waals surface area contributed by atoms with Crippen molar-refractivity contribution in [1.29, 1.82) is 0 Å². The van der Waals surface area contributed by atoms with Crippen LogP contribution in [0.4, 0.5) is 0 Å². The molecule has 0 aliphatic carbocycles. The van der Waals surface area contributed by atoms with Gasteiger partial charge in [-0.3, -0.25) is 0 Å². The Bertz CT molecular complexity index is 1010. The minimum Gasteiger partial charge on any atom is -0.490 e. The van der Waals surface area contributed by atoms with Crippen LogP contribution < -0.4 is 0 Å². The number of esters is 1. The average Bonchev–Trinajstić information content (AvgIpc) is 2.95. The Hall–Kier alpha value is -1.97. The van der Waals surface area contributed by atoms with Crippen LogP contribution in [-0.2, 0) is 23.7 Å². The van der Waals surface area contributed by atoms with E-state index in [1.807, 2.05) is 72.8 Å². The predicted molar refractivity (Wildman–Crippen MR) is 169 cm³/mol. The van der Waals surface area contributed by atoms with Crippen LogP contribution in [0.2, 0.25) is 0 Å². The minimum absolute atomic E-state index is 0.00224. The van der Waals surface area contributed by atoms with E-state index >= 15 is 0 Å². The Morgan fingerprint density at radius 1 is 1.00 bits per heavy atom. The molecule has 2 aliphatic rings. The molecular weight excluding hydrogens is 548 g/mol. The summed E-state index contributed by atoms with van der Waals surface area (Å²) in [4.78, 5) is 13.5. The van der Waals surface area contributed by atoms with Gasteiger partial charge in [0.15, 0.2) is 0 Å². The Morgan fingerprint density at radius 3 is 2.23 bits per heavy atom. The molecule has 0 aromatic heterocycles. The topological polar surface area (TPSA) is 115 Å². The van der Waals surface area contributed by atoms with Crippen LogP contribution in [-0.4, -0.2) is 78.2 Å². The molecule has 8 heteroatoms. The maximum Gasteiger partial charge on any atom is 0.373 e. The second-order valence-electron chi connectivity index (χ2n) is 13.4. The zero-order valence-corrected chi connectivity index (χ0v) is 28.2. The number of ether oxygens (including phenoxy) is 4. The van der Waals surface area contributed by atoms with E-state index in [0.717, 1.165) is 11.1 Å². The molecule has 0 aromatic rings. The van der Waals surface area contributed by atoms with Gasteiger partial charge in [-0.05, 0) is 38.2 Å². The predicted octanol–water partition coefficient (Wildman–Crippen LogP) is 5.37. The van der Waals surface area contributed by atoms with Gasteiger partial charge in [0.2, 0.25) is 5.76 Å². The van der Waals surface area contributed by atoms with Crippen LogP contribution >= 0.6 is 0 Å². The Kier molecular flexibility index (Phi) is 14.6. The molecular formula is C35H58O8. The molecule has 0 aromatic carbocycles. The molecule has 0 radical (unpaired) electrons. The highest BCUT2D eigenvalue weighted by Gasteiger charge is 2.43. The van der Waals surface area contributed by atoms with Gasteiger partial charge in [0.1, 0.15) is 12.2 Å². The molecule has 1 fully saturated rings. The van der Waals surface area contributed by atoms with Crippen molar-refractivity contribution in [2.75, 3.05) is 14.2 Å². The summed E-state index contributed by atoms with van der Waals surface area (Å²) in [5.41, 5.74) is 1.85. The van der Waals surface area contributed by atoms with E-state index in [1.165, 1.54) is 7.11 Å². The monoisotopic (exact) mass is 606 g/mol. The van der Waals surface area contributed by atoms with E-state index < -0.39 is 42.4 Å². The van der Waals surface area contributed by atoms with Gasteiger partial charge in [-0.2, -0.15) is 0 Å². The van der Waals surface area contributed by atoms with E-state index in [1.54, 1.807) is 13.2 Å². The second kappa shape index (κ2) is 16.9. The highest BCUT2D eigenvalue weighted by Crippen LogP contribution is 2.36. The summed E-state index contributed by atoms with van der Waals surface area (Å²) < 4.78 is 23.8. The number of methoxy groups -OCH3 is 2. The fourth-order valence-corrected chi connectivity index (χ4v) is 6.54. The molecule has 0 unspecified atom stereocenters. The van der Waals surface area contributed by atoms with Crippen molar-refractivity contribution in [3.05, 3.63) is 47.3 Å². The third kappa shape index (κ3) is 10.0. The van der Waals surface area contributed by atoms with Crippen LogP contribution in [0.5, 0.6) is 0 Å². The van der Waals surface area contributed by atoms with E-state index in [2.05, 4.69) is 13.8 Å². The van der Waals surface area contributed by atoms with E-state index in [0.29, 0.717) is 12.8 Å². The number of hydrogen-bond acceptors (Lipinski definition) is 8. The van der Waals surface area contributed by atoms with Gasteiger partial charge in [-0.1, -0.05) is 83.9 Å². The SMILES string of the molecule is CO/C1=C\C(C)=C\[C@@H](C)[C@@H](O)[C@@H](C)C/C(C)=C/C=C/[C@H](OC)[C@@H]([C@@H](C)[C@@H](O)[C@H](C)[C@@H]2C[C@@H](O)[C@H](C)[C@@H](C(C)C)O2)OC1=O. The summed E-state index contributed by atoms with van der Waals surface area (Å²) >= 11 is 0. The fourth-order valence-electron chi connectivity index (χ4n) is 6.54. The first kappa shape index (κ1) is 37.2. The highest BCUT2D eigenvalue weighted by atomic mass is 16.6. The lowest BCUT2D eigenvalue weighted by molar-refractivity contribution is -0.184. The molecule has 0 saturated carbocycles. The van der Waals surface area contributed by atoms with Gasteiger partial charge in [-0.25, -0.2) is 4.79 Å². The molecule has 2 aliphatic heterocycles. The number of carbonyl (C=O) groups is 1. The third-order valence-corrected chi connectivity index (χ3v) is 9.36. The number of hydrogen-bond donors (Lipinski definition) is 3. The molecule has 246 valence electrons. The molecule has 3 N–H and O–H groups in total. The first-order chi connectivity index (χ1) is 20.1.